The average molecular weight is 2060 g/mol. The van der Waals surface area contributed by atoms with Crippen molar-refractivity contribution in [2.24, 2.45) is 27.0 Å². The third-order valence-corrected chi connectivity index (χ3v) is 24.3. The standard InChI is InChI=1S/C10H11ClN2O.C10H12FN3O.C10H11FN2O.C10H13N3.C10H12N2O.C9H11FN4.C9H12N4O.2C9H12N4.2C9H11N3O/c1-6(2)13-5-7(11)9-8(14)3-4-12-10(9)13;1-6(2)14-4-7(11)8-9(14)12-5-13(3)10(8)15;1-6(2)13-5-7(11)9-8(14)3-4-12-10(9)13;1-7(2)13-6-12-10-8(11)4-3-5-9(10)13;1-7(2)12-6-11-10-8(12)4-3-5-9(10)13;1-5(2)14-3-6(10)7-8(11)12-4-13-9(7)14;1-5(2)13-4-10-7-8(13)11-6(3)12-9(7)14;1-6(2)7-5-12-13-8(10)3-4-11-9(7)13;1-6(2)13-5-12-8-7(10)3-4-11-9(8)13;1-6(2)7-5-11-12-8(13)3-4-10-9(7)12;1-6(2)12-5-11-8-7(13)3-4-10-9(8)12/h4-6H,3H2,1-2H3;4-6H,1-3H3;4-6H,3H2,1-2H3;3-7H,11H2,1-2H3;3-4,6-7H,5H2,1-2H3;3-5H,1-2H3,(H2,11,12,13);4-5H,1-3H3,(H,11,12,14);3-6H,10H2,1-2H3;3-6H,1-2H3,(H2,10,11);2*4-6H,3H2,1-2H3. The van der Waals surface area contributed by atoms with Crippen LogP contribution in [-0.4, -0.2) is 179 Å². The number of nitrogens with two attached hydrogens (primary N) is 4. The molecule has 0 saturated heterocycles. The van der Waals surface area contributed by atoms with Gasteiger partial charge in [-0.2, -0.15) is 19.4 Å². The number of anilines is 4. The number of hydrogen-bond donors (Lipinski definition) is 5. The molecule has 45 heteroatoms. The van der Waals surface area contributed by atoms with Gasteiger partial charge in [0, 0.05) is 160 Å². The van der Waals surface area contributed by atoms with Gasteiger partial charge in [-0.1, -0.05) is 51.4 Å². The van der Waals surface area contributed by atoms with Crippen LogP contribution in [0.4, 0.5) is 59.5 Å². The first-order chi connectivity index (χ1) is 70.6. The molecular formula is C104H128ClF3N34O7. The first-order valence-corrected chi connectivity index (χ1v) is 49.2. The van der Waals surface area contributed by atoms with E-state index in [1.54, 1.807) is 113 Å². The molecule has 149 heavy (non-hydrogen) atoms. The molecule has 4 aliphatic heterocycles. The molecule has 22 rings (SSSR count). The Hall–Kier alpha value is -16.4. The van der Waals surface area contributed by atoms with E-state index in [2.05, 4.69) is 164 Å². The summed E-state index contributed by atoms with van der Waals surface area (Å²) in [6.45, 7) is 46.5. The largest absolute Gasteiger partial charge is 0.397 e. The number of aliphatic imine (C=N–C) groups is 4. The third kappa shape index (κ3) is 24.9. The summed E-state index contributed by atoms with van der Waals surface area (Å²) in [5, 5.41) is 9.06. The van der Waals surface area contributed by atoms with E-state index in [4.69, 9.17) is 34.5 Å². The summed E-state index contributed by atoms with van der Waals surface area (Å²) < 4.78 is 61.6. The quantitative estimate of drug-likeness (QED) is 0.0751. The number of H-pyrrole nitrogens is 1. The van der Waals surface area contributed by atoms with Gasteiger partial charge in [0.15, 0.2) is 86.0 Å². The predicted octanol–water partition coefficient (Wildman–Crippen LogP) is 20.5. The van der Waals surface area contributed by atoms with Crippen molar-refractivity contribution in [2.75, 3.05) is 22.9 Å². The van der Waals surface area contributed by atoms with Crippen molar-refractivity contribution in [3.05, 3.63) is 219 Å². The van der Waals surface area contributed by atoms with Gasteiger partial charge in [0.05, 0.1) is 101 Å². The zero-order valence-corrected chi connectivity index (χ0v) is 88.8. The van der Waals surface area contributed by atoms with E-state index in [0.717, 1.165) is 50.4 Å². The summed E-state index contributed by atoms with van der Waals surface area (Å²) in [5.41, 5.74) is 35.2. The number of carbonyl (C=O) groups is 5. The third-order valence-electron chi connectivity index (χ3n) is 24.0. The van der Waals surface area contributed by atoms with E-state index in [9.17, 15) is 46.7 Å². The minimum atomic E-state index is -0.507. The van der Waals surface area contributed by atoms with Gasteiger partial charge in [-0.15, -0.1) is 0 Å². The van der Waals surface area contributed by atoms with E-state index in [1.807, 2.05) is 149 Å². The van der Waals surface area contributed by atoms with Gasteiger partial charge < -0.3 is 73.6 Å². The molecule has 9 N–H and O–H groups in total. The SMILES string of the molecule is CC(C)c1cnn2c(N)ccnc12.CC(C)c1cnn2c1N=CCC2=O.CC(C)n1cc(Cl)c2c1N=CCC2=O.CC(C)n1cc(F)c2c(=O)n(C)cnc21.CC(C)n1cc(F)c2c(N)ncnc21.CC(C)n1cc(F)c2c1N=CCC2=O.CC(C)n1cnc2c(N)cccc21.CC(C)n1cnc2c(N)ccnc21.CC(C)n1cnc2c1C=CCC2=O.CC(C)n1cnc2c1N=CCC2=O.Cc1nc2c(ncn2C(C)C)c(=O)[nH]1. The number of aromatic nitrogens is 26. The molecule has 20 heterocycles. The summed E-state index contributed by atoms with van der Waals surface area (Å²) >= 11 is 5.99. The minimum Gasteiger partial charge on any atom is -0.397 e. The van der Waals surface area contributed by atoms with Gasteiger partial charge in [-0.25, -0.2) is 88.0 Å². The second kappa shape index (κ2) is 48.3. The van der Waals surface area contributed by atoms with E-state index in [-0.39, 0.29) is 99.4 Å². The highest BCUT2D eigenvalue weighted by Crippen LogP contribution is 2.38. The lowest BCUT2D eigenvalue weighted by molar-refractivity contribution is 0.0905. The number of nitrogen functional groups attached to an aromatic ring is 4. The molecule has 16 aromatic heterocycles. The zero-order valence-electron chi connectivity index (χ0n) is 88.0. The number of para-hydroxylation sites is 1. The van der Waals surface area contributed by atoms with Crippen molar-refractivity contribution < 1.29 is 37.1 Å². The fourth-order valence-corrected chi connectivity index (χ4v) is 16.3. The number of rotatable bonds is 11. The van der Waals surface area contributed by atoms with Crippen molar-refractivity contribution >= 4 is 179 Å². The van der Waals surface area contributed by atoms with Crippen molar-refractivity contribution in [3.8, 4) is 0 Å². The highest BCUT2D eigenvalue weighted by atomic mass is 35.5. The Morgan fingerprint density at radius 1 is 0.403 bits per heavy atom. The highest BCUT2D eigenvalue weighted by Gasteiger charge is 2.29. The number of aromatic amines is 1. The number of fused-ring (bicyclic) bond motifs is 11. The number of halogens is 4. The van der Waals surface area contributed by atoms with Gasteiger partial charge in [0.2, 0.25) is 0 Å². The number of nitrogens with zero attached hydrogens (tertiary/aromatic N) is 29. The Labute approximate surface area is 862 Å². The van der Waals surface area contributed by atoms with Crippen LogP contribution in [0, 0.1) is 24.4 Å². The lowest BCUT2D eigenvalue weighted by Gasteiger charge is -2.12. The van der Waals surface area contributed by atoms with Crippen LogP contribution in [0.1, 0.15) is 320 Å². The predicted molar refractivity (Wildman–Crippen MR) is 578 cm³/mol. The summed E-state index contributed by atoms with van der Waals surface area (Å²) in [4.78, 5) is 145. The number of hydrogen-bond acceptors (Lipinski definition) is 28. The molecule has 41 nitrogen and oxygen atoms in total. The molecule has 0 spiro atoms. The molecule has 17 aromatic rings. The van der Waals surface area contributed by atoms with Gasteiger partial charge in [0.25, 0.3) is 17.0 Å². The van der Waals surface area contributed by atoms with Gasteiger partial charge in [-0.05, 0) is 174 Å². The maximum Gasteiger partial charge on any atom is 0.279 e. The number of imidazole rings is 5. The number of pyridine rings is 1. The molecular weight excluding hydrogens is 1930 g/mol. The second-order valence-electron chi connectivity index (χ2n) is 38.5. The van der Waals surface area contributed by atoms with Crippen molar-refractivity contribution in [1.29, 1.82) is 0 Å². The van der Waals surface area contributed by atoms with Crippen LogP contribution in [0.5, 0.6) is 0 Å². The molecule has 1 aliphatic carbocycles. The van der Waals surface area contributed by atoms with E-state index in [1.165, 1.54) is 46.7 Å². The molecule has 784 valence electrons. The van der Waals surface area contributed by atoms with Gasteiger partial charge in [0.1, 0.15) is 63.2 Å². The summed E-state index contributed by atoms with van der Waals surface area (Å²) in [6, 6.07) is 11.7. The smallest absolute Gasteiger partial charge is 0.279 e. The maximum absolute atomic E-state index is 13.5. The van der Waals surface area contributed by atoms with E-state index >= 15 is 0 Å². The molecule has 0 atom stereocenters. The van der Waals surface area contributed by atoms with Crippen LogP contribution >= 0.6 is 11.6 Å². The number of nitrogens with one attached hydrogen (secondary N) is 1. The lowest BCUT2D eigenvalue weighted by atomic mass is 10.1. The number of Topliss-reactive ketones (excluding diaryl/α,β-unsaturated/α-hetero) is 4. The van der Waals surface area contributed by atoms with Gasteiger partial charge in [-0.3, -0.25) is 33.6 Å². The molecule has 0 radical (unpaired) electrons. The van der Waals surface area contributed by atoms with Crippen molar-refractivity contribution in [3.63, 3.8) is 0 Å². The molecule has 0 bridgehead atoms. The number of aryl methyl sites for hydroxylation is 2. The average Bonchev–Trinajstić information content (AvgIpc) is 1.63. The highest BCUT2D eigenvalue weighted by molar-refractivity contribution is 6.35. The number of benzene rings is 1. The fourth-order valence-electron chi connectivity index (χ4n) is 16.0. The molecule has 5 aliphatic rings. The number of carbonyl (C=O) groups excluding carboxylic acids is 5. The monoisotopic (exact) mass is 2060 g/mol. The lowest BCUT2D eigenvalue weighted by Crippen LogP contribution is -2.17. The Morgan fingerprint density at radius 3 is 1.50 bits per heavy atom. The van der Waals surface area contributed by atoms with Crippen LogP contribution < -0.4 is 34.1 Å². The zero-order chi connectivity index (χ0) is 109. The van der Waals surface area contributed by atoms with Crippen LogP contribution in [0.15, 0.2) is 160 Å². The van der Waals surface area contributed by atoms with Crippen molar-refractivity contribution in [2.45, 2.75) is 258 Å². The summed E-state index contributed by atoms with van der Waals surface area (Å²) in [7, 11) is 1.56. The normalized spacial score (nSPS) is 13.1. The topological polar surface area (TPSA) is 515 Å². The maximum atomic E-state index is 13.5. The van der Waals surface area contributed by atoms with Crippen LogP contribution in [0.2, 0.25) is 5.02 Å². The minimum absolute atomic E-state index is 0.00287. The van der Waals surface area contributed by atoms with Crippen LogP contribution in [-0.2, 0) is 7.05 Å². The Bertz CT molecular complexity index is 7580. The molecule has 0 unspecified atom stereocenters. The molecule has 0 amide bonds. The van der Waals surface area contributed by atoms with E-state index < -0.39 is 11.6 Å². The van der Waals surface area contributed by atoms with E-state index in [0.29, 0.717) is 152 Å². The molecule has 0 fully saturated rings. The summed E-state index contributed by atoms with van der Waals surface area (Å²) in [6.07, 6.45) is 36.3. The summed E-state index contributed by atoms with van der Waals surface area (Å²) in [5.74, 6) is 3.46. The molecule has 1 aromatic carbocycles. The Balaban J connectivity index is 0.000000145. The Morgan fingerprint density at radius 2 is 0.886 bits per heavy atom. The first-order valence-electron chi connectivity index (χ1n) is 48.9. The second-order valence-corrected chi connectivity index (χ2v) is 38.9. The van der Waals surface area contributed by atoms with Crippen LogP contribution in [0.25, 0.3) is 67.2 Å². The number of ketones is 4. The Kier molecular flexibility index (Phi) is 36.1. The van der Waals surface area contributed by atoms with Crippen molar-refractivity contribution in [1.82, 2.24) is 125 Å². The molecule has 0 saturated carbocycles. The number of allylic oxidation sites excluding steroid dienone is 1. The first kappa shape index (κ1) is 111. The van der Waals surface area contributed by atoms with Gasteiger partial charge >= 0.3 is 0 Å². The van der Waals surface area contributed by atoms with Crippen LogP contribution in [0.3, 0.4) is 0 Å². The fraction of sp³-hybridized carbons (Fsp3) is 0.385.